The molecule has 1 aromatic rings. The molecule has 6 heteroatoms. The predicted octanol–water partition coefficient (Wildman–Crippen LogP) is 3.07. The first-order valence-electron chi connectivity index (χ1n) is 6.10. The number of hydrogen-bond acceptors (Lipinski definition) is 3. The highest BCUT2D eigenvalue weighted by Gasteiger charge is 2.21. The van der Waals surface area contributed by atoms with Crippen LogP contribution in [-0.2, 0) is 4.79 Å². The van der Waals surface area contributed by atoms with E-state index in [1.807, 2.05) is 0 Å². The fourth-order valence-electron chi connectivity index (χ4n) is 1.93. The van der Waals surface area contributed by atoms with Crippen LogP contribution in [0.15, 0.2) is 23.1 Å². The molecule has 1 aliphatic heterocycles. The van der Waals surface area contributed by atoms with E-state index in [0.717, 1.165) is 4.90 Å². The summed E-state index contributed by atoms with van der Waals surface area (Å²) in [6.45, 7) is 1.26. The van der Waals surface area contributed by atoms with E-state index in [0.29, 0.717) is 41.7 Å². The first-order valence-corrected chi connectivity index (χ1v) is 7.84. The molecule has 1 fully saturated rings. The molecule has 0 saturated carbocycles. The van der Waals surface area contributed by atoms with E-state index in [-0.39, 0.29) is 12.0 Å². The van der Waals surface area contributed by atoms with Gasteiger partial charge in [0.1, 0.15) is 0 Å². The lowest BCUT2D eigenvalue weighted by Gasteiger charge is -2.29. The highest BCUT2D eigenvalue weighted by atomic mass is 35.5. The predicted molar refractivity (Wildman–Crippen MR) is 79.0 cm³/mol. The van der Waals surface area contributed by atoms with E-state index in [1.54, 1.807) is 23.1 Å². The smallest absolute Gasteiger partial charge is 0.232 e. The summed E-state index contributed by atoms with van der Waals surface area (Å²) in [5, 5.41) is 10.6. The highest BCUT2D eigenvalue weighted by Crippen LogP contribution is 2.30. The molecule has 1 aromatic carbocycles. The van der Waals surface area contributed by atoms with E-state index in [4.69, 9.17) is 23.2 Å². The zero-order chi connectivity index (χ0) is 13.8. The summed E-state index contributed by atoms with van der Waals surface area (Å²) in [6.07, 6.45) is 1.06. The Hall–Kier alpha value is -0.420. The Bertz CT molecular complexity index is 462. The highest BCUT2D eigenvalue weighted by molar-refractivity contribution is 8.00. The molecule has 0 bridgehead atoms. The van der Waals surface area contributed by atoms with Gasteiger partial charge in [0.25, 0.3) is 0 Å². The topological polar surface area (TPSA) is 40.5 Å². The number of nitrogens with zero attached hydrogens (tertiary/aromatic N) is 1. The number of carbonyl (C=O) groups is 1. The Morgan fingerprint density at radius 1 is 1.37 bits per heavy atom. The van der Waals surface area contributed by atoms with Crippen LogP contribution in [0.3, 0.4) is 0 Å². The largest absolute Gasteiger partial charge is 0.393 e. The maximum absolute atomic E-state index is 12.0. The summed E-state index contributed by atoms with van der Waals surface area (Å²) in [5.74, 6) is 0.420. The molecule has 1 N–H and O–H groups in total. The zero-order valence-electron chi connectivity index (χ0n) is 10.3. The fraction of sp³-hybridized carbons (Fsp3) is 0.462. The lowest BCUT2D eigenvalue weighted by molar-refractivity contribution is -0.130. The van der Waals surface area contributed by atoms with Crippen LogP contribution in [0.4, 0.5) is 0 Å². The van der Waals surface area contributed by atoms with Crippen LogP contribution in [0.2, 0.25) is 10.0 Å². The summed E-state index contributed by atoms with van der Waals surface area (Å²) >= 11 is 13.3. The van der Waals surface area contributed by atoms with Gasteiger partial charge in [-0.1, -0.05) is 23.2 Å². The van der Waals surface area contributed by atoms with E-state index >= 15 is 0 Å². The summed E-state index contributed by atoms with van der Waals surface area (Å²) in [5.41, 5.74) is 0. The van der Waals surface area contributed by atoms with Crippen molar-refractivity contribution in [2.75, 3.05) is 18.8 Å². The van der Waals surface area contributed by atoms with Gasteiger partial charge in [0.05, 0.1) is 16.9 Å². The first kappa shape index (κ1) is 15.0. The van der Waals surface area contributed by atoms with Crippen molar-refractivity contribution in [1.82, 2.24) is 4.90 Å². The van der Waals surface area contributed by atoms with Crippen LogP contribution in [0.1, 0.15) is 12.8 Å². The van der Waals surface area contributed by atoms with E-state index in [9.17, 15) is 9.90 Å². The zero-order valence-corrected chi connectivity index (χ0v) is 12.6. The van der Waals surface area contributed by atoms with Gasteiger partial charge in [-0.25, -0.2) is 0 Å². The van der Waals surface area contributed by atoms with Crippen LogP contribution in [0.25, 0.3) is 0 Å². The maximum Gasteiger partial charge on any atom is 0.232 e. The second-order valence-electron chi connectivity index (χ2n) is 4.48. The number of thioether (sulfide) groups is 1. The number of hydrogen-bond donors (Lipinski definition) is 1. The summed E-state index contributed by atoms with van der Waals surface area (Å²) in [7, 11) is 0. The number of likely N-dealkylation sites (tertiary alicyclic amines) is 1. The molecule has 0 unspecified atom stereocenters. The Morgan fingerprint density at radius 3 is 2.74 bits per heavy atom. The second kappa shape index (κ2) is 6.84. The van der Waals surface area contributed by atoms with E-state index in [2.05, 4.69) is 0 Å². The van der Waals surface area contributed by atoms with E-state index in [1.165, 1.54) is 11.8 Å². The number of halogens is 2. The standard InChI is InChI=1S/C13H15Cl2NO2S/c14-9-1-2-11(15)12(7-9)19-8-13(18)16-5-3-10(17)4-6-16/h1-2,7,10,17H,3-6,8H2. The molecule has 3 nitrogen and oxygen atoms in total. The van der Waals surface area contributed by atoms with E-state index < -0.39 is 0 Å². The number of piperidine rings is 1. The van der Waals surface area contributed by atoms with Crippen LogP contribution in [0, 0.1) is 0 Å². The normalized spacial score (nSPS) is 16.7. The summed E-state index contributed by atoms with van der Waals surface area (Å²) in [6, 6.07) is 5.22. The van der Waals surface area contributed by atoms with Gasteiger partial charge >= 0.3 is 0 Å². The van der Waals surface area contributed by atoms with Crippen molar-refractivity contribution in [1.29, 1.82) is 0 Å². The Labute approximate surface area is 126 Å². The van der Waals surface area contributed by atoms with Crippen LogP contribution < -0.4 is 0 Å². The Balaban J connectivity index is 1.88. The number of amides is 1. The van der Waals surface area contributed by atoms with Gasteiger partial charge in [-0.15, -0.1) is 11.8 Å². The number of carbonyl (C=O) groups excluding carboxylic acids is 1. The van der Waals surface area contributed by atoms with Gasteiger partial charge in [-0.3, -0.25) is 4.79 Å². The molecule has 0 aromatic heterocycles. The second-order valence-corrected chi connectivity index (χ2v) is 6.34. The molecule has 2 rings (SSSR count). The molecule has 0 atom stereocenters. The van der Waals surface area contributed by atoms with Crippen molar-refractivity contribution in [3.05, 3.63) is 28.2 Å². The lowest BCUT2D eigenvalue weighted by atomic mass is 10.1. The monoisotopic (exact) mass is 319 g/mol. The number of aliphatic hydroxyl groups excluding tert-OH is 1. The van der Waals surface area contributed by atoms with Crippen molar-refractivity contribution < 1.29 is 9.90 Å². The summed E-state index contributed by atoms with van der Waals surface area (Å²) in [4.78, 5) is 14.6. The van der Waals surface area contributed by atoms with Crippen molar-refractivity contribution in [3.63, 3.8) is 0 Å². The van der Waals surface area contributed by atoms with Crippen molar-refractivity contribution in [2.45, 2.75) is 23.8 Å². The molecular weight excluding hydrogens is 305 g/mol. The maximum atomic E-state index is 12.0. The fourth-order valence-corrected chi connectivity index (χ4v) is 3.33. The molecule has 0 spiro atoms. The Morgan fingerprint density at radius 2 is 2.05 bits per heavy atom. The number of aliphatic hydroxyl groups is 1. The number of benzene rings is 1. The average molecular weight is 320 g/mol. The van der Waals surface area contributed by atoms with Gasteiger partial charge in [-0.05, 0) is 31.0 Å². The third kappa shape index (κ3) is 4.28. The van der Waals surface area contributed by atoms with Crippen molar-refractivity contribution in [2.24, 2.45) is 0 Å². The van der Waals surface area contributed by atoms with Crippen molar-refractivity contribution in [3.8, 4) is 0 Å². The lowest BCUT2D eigenvalue weighted by Crippen LogP contribution is -2.40. The molecule has 1 heterocycles. The van der Waals surface area contributed by atoms with Gasteiger partial charge in [-0.2, -0.15) is 0 Å². The third-order valence-corrected chi connectivity index (χ3v) is 4.78. The molecule has 1 amide bonds. The minimum Gasteiger partial charge on any atom is -0.393 e. The Kier molecular flexibility index (Phi) is 5.39. The molecule has 104 valence electrons. The van der Waals surface area contributed by atoms with Crippen LogP contribution in [-0.4, -0.2) is 40.9 Å². The molecule has 1 saturated heterocycles. The van der Waals surface area contributed by atoms with Crippen LogP contribution >= 0.6 is 35.0 Å². The molecular formula is C13H15Cl2NO2S. The SMILES string of the molecule is O=C(CSc1cc(Cl)ccc1Cl)N1CCC(O)CC1. The van der Waals surface area contributed by atoms with Crippen LogP contribution in [0.5, 0.6) is 0 Å². The third-order valence-electron chi connectivity index (χ3n) is 3.06. The number of rotatable bonds is 3. The minimum absolute atomic E-state index is 0.0768. The summed E-state index contributed by atoms with van der Waals surface area (Å²) < 4.78 is 0. The van der Waals surface area contributed by atoms with Gasteiger partial charge < -0.3 is 10.0 Å². The first-order chi connectivity index (χ1) is 9.06. The average Bonchev–Trinajstić information content (AvgIpc) is 2.40. The minimum atomic E-state index is -0.265. The molecule has 0 radical (unpaired) electrons. The quantitative estimate of drug-likeness (QED) is 0.870. The van der Waals surface area contributed by atoms with Crippen molar-refractivity contribution >= 4 is 40.9 Å². The van der Waals surface area contributed by atoms with Gasteiger partial charge in [0, 0.05) is 23.0 Å². The molecule has 1 aliphatic rings. The van der Waals surface area contributed by atoms with Gasteiger partial charge in [0.15, 0.2) is 0 Å². The molecule has 0 aliphatic carbocycles. The van der Waals surface area contributed by atoms with Gasteiger partial charge in [0.2, 0.25) is 5.91 Å². The molecule has 19 heavy (non-hydrogen) atoms.